The highest BCUT2D eigenvalue weighted by molar-refractivity contribution is 7.22. The summed E-state index contributed by atoms with van der Waals surface area (Å²) in [5.74, 6) is 0. The molecule has 0 radical (unpaired) electrons. The Kier molecular flexibility index (Phi) is 2.11. The first-order valence-electron chi connectivity index (χ1n) is 3.66. The first kappa shape index (κ1) is 8.74. The number of benzene rings is 1. The van der Waals surface area contributed by atoms with Gasteiger partial charge in [0.25, 0.3) is 0 Å². The molecular formula is C8H7ClN2OS. The molecule has 5 heteroatoms. The van der Waals surface area contributed by atoms with Crippen LogP contribution in [0.25, 0.3) is 10.2 Å². The van der Waals surface area contributed by atoms with E-state index in [4.69, 9.17) is 22.4 Å². The molecule has 3 nitrogen and oxygen atoms in total. The van der Waals surface area contributed by atoms with Crippen LogP contribution in [0.15, 0.2) is 12.1 Å². The van der Waals surface area contributed by atoms with E-state index in [0.29, 0.717) is 15.7 Å². The lowest BCUT2D eigenvalue weighted by atomic mass is 10.2. The number of fused-ring (bicyclic) bond motifs is 1. The van der Waals surface area contributed by atoms with Crippen molar-refractivity contribution in [3.8, 4) is 0 Å². The molecule has 0 amide bonds. The highest BCUT2D eigenvalue weighted by Gasteiger charge is 2.06. The Labute approximate surface area is 83.8 Å². The summed E-state index contributed by atoms with van der Waals surface area (Å²) >= 11 is 7.30. The van der Waals surface area contributed by atoms with Gasteiger partial charge in [0.2, 0.25) is 0 Å². The monoisotopic (exact) mass is 214 g/mol. The van der Waals surface area contributed by atoms with E-state index < -0.39 is 0 Å². The zero-order valence-corrected chi connectivity index (χ0v) is 8.19. The molecule has 2 aromatic rings. The molecule has 0 spiro atoms. The van der Waals surface area contributed by atoms with E-state index in [9.17, 15) is 0 Å². The third-order valence-electron chi connectivity index (χ3n) is 1.71. The molecule has 3 N–H and O–H groups in total. The molecule has 1 aromatic heterocycles. The van der Waals surface area contributed by atoms with E-state index in [1.54, 1.807) is 6.07 Å². The second-order valence-corrected chi connectivity index (χ2v) is 4.10. The molecule has 1 aromatic carbocycles. The van der Waals surface area contributed by atoms with Crippen molar-refractivity contribution >= 4 is 38.3 Å². The lowest BCUT2D eigenvalue weighted by Crippen LogP contribution is -1.83. The molecule has 1 heterocycles. The molecule has 0 saturated heterocycles. The fourth-order valence-corrected chi connectivity index (χ4v) is 2.32. The maximum atomic E-state index is 8.92. The third kappa shape index (κ3) is 1.48. The zero-order valence-electron chi connectivity index (χ0n) is 6.62. The number of aliphatic hydroxyl groups excluding tert-OH is 1. The van der Waals surface area contributed by atoms with Gasteiger partial charge in [0.15, 0.2) is 5.13 Å². The van der Waals surface area contributed by atoms with E-state index in [1.807, 2.05) is 6.07 Å². The van der Waals surface area contributed by atoms with Crippen LogP contribution < -0.4 is 5.73 Å². The van der Waals surface area contributed by atoms with E-state index in [1.165, 1.54) is 11.3 Å². The number of halogens is 1. The summed E-state index contributed by atoms with van der Waals surface area (Å²) in [6.45, 7) is -0.0204. The average molecular weight is 215 g/mol. The quantitative estimate of drug-likeness (QED) is 0.764. The molecule has 0 aliphatic heterocycles. The third-order valence-corrected chi connectivity index (χ3v) is 2.83. The number of rotatable bonds is 1. The Morgan fingerprint density at radius 1 is 1.54 bits per heavy atom. The van der Waals surface area contributed by atoms with Crippen molar-refractivity contribution in [2.75, 3.05) is 5.73 Å². The number of nitrogen functional groups attached to an aromatic ring is 1. The fourth-order valence-electron chi connectivity index (χ4n) is 1.15. The number of hydrogen-bond donors (Lipinski definition) is 2. The van der Waals surface area contributed by atoms with Crippen molar-refractivity contribution in [1.82, 2.24) is 4.98 Å². The second kappa shape index (κ2) is 3.14. The Bertz CT molecular complexity index is 455. The first-order chi connectivity index (χ1) is 6.20. The minimum Gasteiger partial charge on any atom is -0.392 e. The van der Waals surface area contributed by atoms with Crippen molar-refractivity contribution in [3.63, 3.8) is 0 Å². The van der Waals surface area contributed by atoms with Crippen LogP contribution in [0.5, 0.6) is 0 Å². The number of hydrogen-bond acceptors (Lipinski definition) is 4. The Hall–Kier alpha value is -0.840. The van der Waals surface area contributed by atoms with Crippen molar-refractivity contribution in [2.24, 2.45) is 0 Å². The van der Waals surface area contributed by atoms with E-state index in [-0.39, 0.29) is 6.61 Å². The van der Waals surface area contributed by atoms with Crippen LogP contribution in [0.1, 0.15) is 5.56 Å². The standard InChI is InChI=1S/C8H7ClN2OS/c9-5-1-4(3-12)2-6-7(5)11-8(10)13-6/h1-2,12H,3H2,(H2,10,11). The van der Waals surface area contributed by atoms with Crippen molar-refractivity contribution < 1.29 is 5.11 Å². The van der Waals surface area contributed by atoms with Crippen molar-refractivity contribution in [3.05, 3.63) is 22.7 Å². The Morgan fingerprint density at radius 2 is 2.31 bits per heavy atom. The molecule has 13 heavy (non-hydrogen) atoms. The smallest absolute Gasteiger partial charge is 0.181 e. The van der Waals surface area contributed by atoms with Crippen molar-refractivity contribution in [1.29, 1.82) is 0 Å². The lowest BCUT2D eigenvalue weighted by Gasteiger charge is -1.96. The normalized spacial score (nSPS) is 10.9. The Balaban J connectivity index is 2.75. The lowest BCUT2D eigenvalue weighted by molar-refractivity contribution is 0.282. The van der Waals surface area contributed by atoms with Gasteiger partial charge in [0, 0.05) is 0 Å². The fraction of sp³-hybridized carbons (Fsp3) is 0.125. The number of thiazole rings is 1. The molecule has 68 valence electrons. The molecule has 0 atom stereocenters. The predicted molar refractivity (Wildman–Crippen MR) is 55.0 cm³/mol. The van der Waals surface area contributed by atoms with Gasteiger partial charge < -0.3 is 10.8 Å². The molecule has 2 rings (SSSR count). The predicted octanol–water partition coefficient (Wildman–Crippen LogP) is 2.02. The van der Waals surface area contributed by atoms with E-state index in [0.717, 1.165) is 10.3 Å². The van der Waals surface area contributed by atoms with Crippen LogP contribution in [0.4, 0.5) is 5.13 Å². The summed E-state index contributed by atoms with van der Waals surface area (Å²) in [7, 11) is 0. The van der Waals surface area contributed by atoms with Gasteiger partial charge in [-0.05, 0) is 17.7 Å². The molecule has 0 saturated carbocycles. The molecule has 0 fully saturated rings. The molecule has 0 unspecified atom stereocenters. The van der Waals surface area contributed by atoms with Crippen LogP contribution in [0.2, 0.25) is 5.02 Å². The van der Waals surface area contributed by atoms with Crippen LogP contribution in [-0.2, 0) is 6.61 Å². The maximum absolute atomic E-state index is 8.92. The minimum absolute atomic E-state index is 0.0204. The van der Waals surface area contributed by atoms with Gasteiger partial charge in [-0.25, -0.2) is 4.98 Å². The van der Waals surface area contributed by atoms with Crippen LogP contribution >= 0.6 is 22.9 Å². The van der Waals surface area contributed by atoms with Gasteiger partial charge in [0.1, 0.15) is 5.52 Å². The van der Waals surface area contributed by atoms with Gasteiger partial charge in [-0.15, -0.1) is 0 Å². The summed E-state index contributed by atoms with van der Waals surface area (Å²) < 4.78 is 0.911. The van der Waals surface area contributed by atoms with Gasteiger partial charge in [0.05, 0.1) is 16.3 Å². The van der Waals surface area contributed by atoms with Crippen LogP contribution in [0, 0.1) is 0 Å². The summed E-state index contributed by atoms with van der Waals surface area (Å²) in [5.41, 5.74) is 7.03. The first-order valence-corrected chi connectivity index (χ1v) is 4.85. The summed E-state index contributed by atoms with van der Waals surface area (Å²) in [4.78, 5) is 4.07. The summed E-state index contributed by atoms with van der Waals surface area (Å²) in [5, 5.41) is 9.95. The zero-order chi connectivity index (χ0) is 9.42. The highest BCUT2D eigenvalue weighted by atomic mass is 35.5. The molecule has 0 bridgehead atoms. The van der Waals surface area contributed by atoms with E-state index in [2.05, 4.69) is 4.98 Å². The van der Waals surface area contributed by atoms with Gasteiger partial charge >= 0.3 is 0 Å². The van der Waals surface area contributed by atoms with Crippen molar-refractivity contribution in [2.45, 2.75) is 6.61 Å². The topological polar surface area (TPSA) is 59.1 Å². The van der Waals surface area contributed by atoms with Crippen LogP contribution in [0.3, 0.4) is 0 Å². The van der Waals surface area contributed by atoms with Gasteiger partial charge in [-0.3, -0.25) is 0 Å². The Morgan fingerprint density at radius 3 is 3.00 bits per heavy atom. The summed E-state index contributed by atoms with van der Waals surface area (Å²) in [6, 6.07) is 3.54. The number of anilines is 1. The SMILES string of the molecule is Nc1nc2c(Cl)cc(CO)cc2s1. The second-order valence-electron chi connectivity index (χ2n) is 2.63. The highest BCUT2D eigenvalue weighted by Crippen LogP contribution is 2.30. The number of aliphatic hydroxyl groups is 1. The molecule has 0 aliphatic carbocycles. The number of nitrogens with two attached hydrogens (primary N) is 1. The number of aromatic nitrogens is 1. The maximum Gasteiger partial charge on any atom is 0.181 e. The molecule has 0 aliphatic rings. The van der Waals surface area contributed by atoms with Crippen LogP contribution in [-0.4, -0.2) is 10.1 Å². The number of nitrogens with zero attached hydrogens (tertiary/aromatic N) is 1. The summed E-state index contributed by atoms with van der Waals surface area (Å²) in [6.07, 6.45) is 0. The average Bonchev–Trinajstić information content (AvgIpc) is 2.46. The minimum atomic E-state index is -0.0204. The van der Waals surface area contributed by atoms with E-state index >= 15 is 0 Å². The molecular weight excluding hydrogens is 208 g/mol. The van der Waals surface area contributed by atoms with Gasteiger partial charge in [-0.2, -0.15) is 0 Å². The largest absolute Gasteiger partial charge is 0.392 e. The van der Waals surface area contributed by atoms with Gasteiger partial charge in [-0.1, -0.05) is 22.9 Å².